The molecule has 2 aromatic rings. The van der Waals surface area contributed by atoms with Gasteiger partial charge in [-0.2, -0.15) is 0 Å². The normalized spacial score (nSPS) is 16.0. The fourth-order valence-corrected chi connectivity index (χ4v) is 3.44. The van der Waals surface area contributed by atoms with Gasteiger partial charge >= 0.3 is 6.03 Å². The first-order valence-electron chi connectivity index (χ1n) is 8.66. The van der Waals surface area contributed by atoms with Crippen LogP contribution < -0.4 is 20.5 Å². The second-order valence-electron chi connectivity index (χ2n) is 6.40. The van der Waals surface area contributed by atoms with Crippen LogP contribution in [-0.4, -0.2) is 38.2 Å². The number of nitrogens with one attached hydrogen (secondary N) is 1. The fourth-order valence-electron chi connectivity index (χ4n) is 3.44. The third-order valence-corrected chi connectivity index (χ3v) is 4.76. The molecule has 0 bridgehead atoms. The van der Waals surface area contributed by atoms with Gasteiger partial charge in [-0.3, -0.25) is 0 Å². The topological polar surface area (TPSA) is 76.8 Å². The van der Waals surface area contributed by atoms with Crippen LogP contribution in [0, 0.1) is 6.92 Å². The predicted octanol–water partition coefficient (Wildman–Crippen LogP) is 3.10. The Bertz CT molecular complexity index is 807. The maximum Gasteiger partial charge on any atom is 0.322 e. The summed E-state index contributed by atoms with van der Waals surface area (Å²) in [6.07, 6.45) is 0.743. The second kappa shape index (κ2) is 7.66. The van der Waals surface area contributed by atoms with Gasteiger partial charge < -0.3 is 25.4 Å². The number of benzene rings is 2. The SMILES string of the molecule is COc1cc2c(cc1OC)C(CN)N(C(=O)Nc1cccc(C)c1)CC2. The molecule has 138 valence electrons. The van der Waals surface area contributed by atoms with Crippen molar-refractivity contribution in [3.8, 4) is 11.5 Å². The summed E-state index contributed by atoms with van der Waals surface area (Å²) < 4.78 is 10.8. The van der Waals surface area contributed by atoms with Gasteiger partial charge in [0.1, 0.15) is 0 Å². The Kier molecular flexibility index (Phi) is 5.32. The molecular formula is C20H25N3O3. The van der Waals surface area contributed by atoms with Gasteiger partial charge in [0.05, 0.1) is 20.3 Å². The number of amides is 2. The van der Waals surface area contributed by atoms with Gasteiger partial charge in [0, 0.05) is 18.8 Å². The first-order valence-corrected chi connectivity index (χ1v) is 8.66. The monoisotopic (exact) mass is 355 g/mol. The van der Waals surface area contributed by atoms with Crippen molar-refractivity contribution in [3.05, 3.63) is 53.1 Å². The summed E-state index contributed by atoms with van der Waals surface area (Å²) in [6.45, 7) is 2.93. The van der Waals surface area contributed by atoms with Gasteiger partial charge in [0.15, 0.2) is 11.5 Å². The van der Waals surface area contributed by atoms with E-state index in [1.54, 1.807) is 19.1 Å². The van der Waals surface area contributed by atoms with Crippen LogP contribution in [0.5, 0.6) is 11.5 Å². The number of anilines is 1. The van der Waals surface area contributed by atoms with Crippen LogP contribution in [0.25, 0.3) is 0 Å². The van der Waals surface area contributed by atoms with Crippen molar-refractivity contribution >= 4 is 11.7 Å². The Morgan fingerprint density at radius 2 is 1.96 bits per heavy atom. The first-order chi connectivity index (χ1) is 12.6. The Labute approximate surface area is 153 Å². The molecule has 2 aromatic carbocycles. The average molecular weight is 355 g/mol. The van der Waals surface area contributed by atoms with Crippen molar-refractivity contribution in [1.29, 1.82) is 0 Å². The molecule has 0 saturated heterocycles. The maximum absolute atomic E-state index is 12.8. The standard InChI is InChI=1S/C20H25N3O3/c1-13-5-4-6-15(9-13)22-20(24)23-8-7-14-10-18(25-2)19(26-3)11-16(14)17(23)12-21/h4-6,9-11,17H,7-8,12,21H2,1-3H3,(H,22,24). The van der Waals surface area contributed by atoms with E-state index in [-0.39, 0.29) is 12.1 Å². The van der Waals surface area contributed by atoms with E-state index in [0.717, 1.165) is 28.8 Å². The quantitative estimate of drug-likeness (QED) is 0.883. The van der Waals surface area contributed by atoms with E-state index in [4.69, 9.17) is 15.2 Å². The number of nitrogens with two attached hydrogens (primary N) is 1. The molecule has 0 aromatic heterocycles. The van der Waals surface area contributed by atoms with E-state index in [9.17, 15) is 4.79 Å². The Morgan fingerprint density at radius 3 is 2.62 bits per heavy atom. The van der Waals surface area contributed by atoms with Gasteiger partial charge in [0.2, 0.25) is 0 Å². The van der Waals surface area contributed by atoms with Crippen LogP contribution in [0.2, 0.25) is 0 Å². The van der Waals surface area contributed by atoms with Crippen molar-refractivity contribution in [2.45, 2.75) is 19.4 Å². The molecule has 0 spiro atoms. The van der Waals surface area contributed by atoms with Gasteiger partial charge in [0.25, 0.3) is 0 Å². The molecule has 6 nitrogen and oxygen atoms in total. The third-order valence-electron chi connectivity index (χ3n) is 4.76. The number of aryl methyl sites for hydroxylation is 1. The molecular weight excluding hydrogens is 330 g/mol. The van der Waals surface area contributed by atoms with E-state index in [0.29, 0.717) is 24.6 Å². The number of rotatable bonds is 4. The molecule has 1 aliphatic rings. The summed E-state index contributed by atoms with van der Waals surface area (Å²) in [5, 5.41) is 2.97. The fraction of sp³-hybridized carbons (Fsp3) is 0.350. The number of nitrogens with zero attached hydrogens (tertiary/aromatic N) is 1. The molecule has 0 fully saturated rings. The molecule has 26 heavy (non-hydrogen) atoms. The maximum atomic E-state index is 12.8. The van der Waals surface area contributed by atoms with Gasteiger partial charge in [-0.05, 0) is 54.3 Å². The number of methoxy groups -OCH3 is 2. The number of hydrogen-bond donors (Lipinski definition) is 2. The molecule has 6 heteroatoms. The lowest BCUT2D eigenvalue weighted by molar-refractivity contribution is 0.184. The highest BCUT2D eigenvalue weighted by atomic mass is 16.5. The number of carbonyl (C=O) groups is 1. The summed E-state index contributed by atoms with van der Waals surface area (Å²) in [4.78, 5) is 14.6. The summed E-state index contributed by atoms with van der Waals surface area (Å²) in [5.74, 6) is 1.34. The van der Waals surface area contributed by atoms with Gasteiger partial charge in [-0.15, -0.1) is 0 Å². The number of fused-ring (bicyclic) bond motifs is 1. The van der Waals surface area contributed by atoms with Crippen molar-refractivity contribution in [1.82, 2.24) is 4.90 Å². The highest BCUT2D eigenvalue weighted by Crippen LogP contribution is 2.37. The van der Waals surface area contributed by atoms with Crippen molar-refractivity contribution in [3.63, 3.8) is 0 Å². The average Bonchev–Trinajstić information content (AvgIpc) is 2.65. The zero-order valence-corrected chi connectivity index (χ0v) is 15.4. The minimum absolute atomic E-state index is 0.147. The Morgan fingerprint density at radius 1 is 1.23 bits per heavy atom. The van der Waals surface area contributed by atoms with Crippen molar-refractivity contribution in [2.24, 2.45) is 5.73 Å². The molecule has 2 amide bonds. The molecule has 3 N–H and O–H groups in total. The number of hydrogen-bond acceptors (Lipinski definition) is 4. The van der Waals surface area contributed by atoms with E-state index in [1.807, 2.05) is 43.3 Å². The van der Waals surface area contributed by atoms with Crippen molar-refractivity contribution in [2.75, 3.05) is 32.6 Å². The summed E-state index contributed by atoms with van der Waals surface area (Å²) in [5.41, 5.74) is 10.1. The summed E-state index contributed by atoms with van der Waals surface area (Å²) in [6, 6.07) is 11.3. The molecule has 0 aliphatic carbocycles. The van der Waals surface area contributed by atoms with Gasteiger partial charge in [-0.25, -0.2) is 4.79 Å². The van der Waals surface area contributed by atoms with E-state index < -0.39 is 0 Å². The highest BCUT2D eigenvalue weighted by Gasteiger charge is 2.31. The minimum atomic E-state index is -0.205. The van der Waals surface area contributed by atoms with E-state index in [1.165, 1.54) is 0 Å². The Balaban J connectivity index is 1.87. The first kappa shape index (κ1) is 18.1. The highest BCUT2D eigenvalue weighted by molar-refractivity contribution is 5.90. The van der Waals surface area contributed by atoms with Crippen LogP contribution in [0.15, 0.2) is 36.4 Å². The predicted molar refractivity (Wildman–Crippen MR) is 102 cm³/mol. The number of urea groups is 1. The molecule has 1 heterocycles. The molecule has 3 rings (SSSR count). The summed E-state index contributed by atoms with van der Waals surface area (Å²) in [7, 11) is 3.22. The lowest BCUT2D eigenvalue weighted by Crippen LogP contribution is -2.45. The number of carbonyl (C=O) groups excluding carboxylic acids is 1. The van der Waals surface area contributed by atoms with Crippen molar-refractivity contribution < 1.29 is 14.3 Å². The third kappa shape index (κ3) is 3.46. The van der Waals surface area contributed by atoms with Crippen LogP contribution in [0.3, 0.4) is 0 Å². The minimum Gasteiger partial charge on any atom is -0.493 e. The molecule has 1 unspecified atom stereocenters. The zero-order chi connectivity index (χ0) is 18.7. The van der Waals surface area contributed by atoms with Crippen LogP contribution >= 0.6 is 0 Å². The van der Waals surface area contributed by atoms with Crippen LogP contribution in [-0.2, 0) is 6.42 Å². The van der Waals surface area contributed by atoms with Gasteiger partial charge in [-0.1, -0.05) is 12.1 Å². The molecule has 0 radical (unpaired) electrons. The summed E-state index contributed by atoms with van der Waals surface area (Å²) >= 11 is 0. The largest absolute Gasteiger partial charge is 0.493 e. The van der Waals surface area contributed by atoms with E-state index >= 15 is 0 Å². The van der Waals surface area contributed by atoms with E-state index in [2.05, 4.69) is 5.32 Å². The molecule has 1 aliphatic heterocycles. The second-order valence-corrected chi connectivity index (χ2v) is 6.40. The lowest BCUT2D eigenvalue weighted by Gasteiger charge is -2.37. The Hall–Kier alpha value is -2.73. The van der Waals surface area contributed by atoms with Crippen LogP contribution in [0.1, 0.15) is 22.7 Å². The smallest absolute Gasteiger partial charge is 0.322 e. The lowest BCUT2D eigenvalue weighted by atomic mass is 9.92. The van der Waals surface area contributed by atoms with Crippen LogP contribution in [0.4, 0.5) is 10.5 Å². The zero-order valence-electron chi connectivity index (χ0n) is 15.4. The molecule has 1 atom stereocenters. The molecule has 0 saturated carbocycles. The number of ether oxygens (including phenoxy) is 2.